The van der Waals surface area contributed by atoms with Crippen molar-refractivity contribution < 1.29 is 32.6 Å². The van der Waals surface area contributed by atoms with Gasteiger partial charge in [-0.2, -0.15) is 0 Å². The molecule has 10 heteroatoms. The Morgan fingerprint density at radius 3 is 2.42 bits per heavy atom. The average Bonchev–Trinajstić information content (AvgIpc) is 2.89. The van der Waals surface area contributed by atoms with E-state index in [9.17, 15) is 13.9 Å². The fourth-order valence-corrected chi connectivity index (χ4v) is 7.37. The smallest absolute Gasteiger partial charge is 0.306 e. The van der Waals surface area contributed by atoms with Gasteiger partial charge in [-0.1, -0.05) is 48.5 Å². The first-order valence-electron chi connectivity index (χ1n) is 12.9. The summed E-state index contributed by atoms with van der Waals surface area (Å²) < 4.78 is 51.9. The number of esters is 1. The van der Waals surface area contributed by atoms with Crippen molar-refractivity contribution in [3.8, 4) is 5.75 Å². The number of carbonyl (C=O) groups is 1. The number of benzene rings is 2. The Morgan fingerprint density at radius 1 is 1.08 bits per heavy atom. The van der Waals surface area contributed by atoms with Gasteiger partial charge in [-0.15, -0.1) is 4.72 Å². The third-order valence-electron chi connectivity index (χ3n) is 5.70. The third kappa shape index (κ3) is 11.1. The predicted octanol–water partition coefficient (Wildman–Crippen LogP) is 5.47. The zero-order valence-electron chi connectivity index (χ0n) is 23.1. The Labute approximate surface area is 230 Å². The molecular weight excluding hydrogens is 525 g/mol. The van der Waals surface area contributed by atoms with E-state index in [0.717, 1.165) is 11.1 Å². The van der Waals surface area contributed by atoms with Crippen LogP contribution in [0.4, 0.5) is 0 Å². The maximum atomic E-state index is 14.3. The van der Waals surface area contributed by atoms with Crippen molar-refractivity contribution in [3.05, 3.63) is 65.7 Å². The lowest BCUT2D eigenvalue weighted by molar-refractivity contribution is -0.145. The standard InChI is InChI=1S/C28H42NO7PS/c1-6-36-37(31,21-18-24-14-10-11-15-25(24)34-20-19-33-5)26(29-38(32)28(2,3)4)16-17-27(30)35-22-23-12-8-7-9-13-23/h7-15,26,29H,6,16-22H2,1-5H3. The normalized spacial score (nSPS) is 14.9. The minimum atomic E-state index is -3.40. The number of nitrogens with one attached hydrogen (secondary N) is 1. The number of carbonyl (C=O) groups excluding carboxylic acids is 1. The lowest BCUT2D eigenvalue weighted by atomic mass is 10.1. The van der Waals surface area contributed by atoms with E-state index in [2.05, 4.69) is 4.72 Å². The molecule has 0 aliphatic rings. The van der Waals surface area contributed by atoms with Crippen LogP contribution in [0, 0.1) is 0 Å². The molecule has 0 saturated carbocycles. The Hall–Kier alpha value is -1.87. The summed E-state index contributed by atoms with van der Waals surface area (Å²) in [6, 6.07) is 17.0. The summed E-state index contributed by atoms with van der Waals surface area (Å²) in [6.45, 7) is 8.52. The molecule has 0 spiro atoms. The second kappa shape index (κ2) is 16.3. The molecule has 2 aromatic carbocycles. The molecule has 0 radical (unpaired) electrons. The number of ether oxygens (including phenoxy) is 3. The van der Waals surface area contributed by atoms with Gasteiger partial charge >= 0.3 is 5.97 Å². The molecule has 0 amide bonds. The molecule has 3 atom stereocenters. The van der Waals surface area contributed by atoms with Crippen molar-refractivity contribution in [3.63, 3.8) is 0 Å². The van der Waals surface area contributed by atoms with Crippen molar-refractivity contribution in [2.24, 2.45) is 0 Å². The molecule has 0 bridgehead atoms. The van der Waals surface area contributed by atoms with Crippen LogP contribution in [0.25, 0.3) is 0 Å². The lowest BCUT2D eigenvalue weighted by Gasteiger charge is -2.32. The first kappa shape index (κ1) is 32.3. The Morgan fingerprint density at radius 2 is 1.76 bits per heavy atom. The SMILES string of the molecule is CCOP(=O)(CCc1ccccc1OCCOC)C(CCC(=O)OCc1ccccc1)N[S+]([O-])C(C)(C)C. The van der Waals surface area contributed by atoms with Gasteiger partial charge in [0.15, 0.2) is 0 Å². The fourth-order valence-electron chi connectivity index (χ4n) is 3.59. The molecule has 0 saturated heterocycles. The maximum Gasteiger partial charge on any atom is 0.306 e. The molecule has 2 aromatic rings. The highest BCUT2D eigenvalue weighted by Gasteiger charge is 2.40. The molecule has 0 heterocycles. The Bertz CT molecular complexity index is 1020. The van der Waals surface area contributed by atoms with Crippen LogP contribution in [0.3, 0.4) is 0 Å². The van der Waals surface area contributed by atoms with E-state index >= 15 is 0 Å². The van der Waals surface area contributed by atoms with Crippen molar-refractivity contribution in [2.75, 3.05) is 33.1 Å². The molecule has 3 unspecified atom stereocenters. The second-order valence-electron chi connectivity index (χ2n) is 9.77. The van der Waals surface area contributed by atoms with Crippen LogP contribution in [-0.4, -0.2) is 54.1 Å². The van der Waals surface area contributed by atoms with Crippen LogP contribution < -0.4 is 9.46 Å². The van der Waals surface area contributed by atoms with Crippen molar-refractivity contribution >= 4 is 24.7 Å². The molecule has 1 N–H and O–H groups in total. The Balaban J connectivity index is 2.16. The second-order valence-corrected chi connectivity index (χ2v) is 14.5. The number of para-hydroxylation sites is 1. The lowest BCUT2D eigenvalue weighted by Crippen LogP contribution is -2.45. The van der Waals surface area contributed by atoms with E-state index in [1.807, 2.05) is 75.4 Å². The first-order chi connectivity index (χ1) is 18.1. The number of hydrogen-bond donors (Lipinski definition) is 1. The van der Waals surface area contributed by atoms with Crippen LogP contribution in [-0.2, 0) is 47.7 Å². The van der Waals surface area contributed by atoms with Gasteiger partial charge < -0.3 is 23.3 Å². The van der Waals surface area contributed by atoms with Crippen LogP contribution in [0.2, 0.25) is 0 Å². The van der Waals surface area contributed by atoms with Crippen LogP contribution in [0.1, 0.15) is 51.7 Å². The summed E-state index contributed by atoms with van der Waals surface area (Å²) >= 11 is -1.52. The zero-order valence-corrected chi connectivity index (χ0v) is 24.9. The number of aryl methyl sites for hydroxylation is 1. The third-order valence-corrected chi connectivity index (χ3v) is 10.4. The van der Waals surface area contributed by atoms with Gasteiger partial charge in [0, 0.05) is 31.1 Å². The van der Waals surface area contributed by atoms with Crippen LogP contribution >= 0.6 is 7.37 Å². The topological polar surface area (TPSA) is 106 Å². The van der Waals surface area contributed by atoms with Gasteiger partial charge in [-0.25, -0.2) is 0 Å². The monoisotopic (exact) mass is 567 g/mol. The highest BCUT2D eigenvalue weighted by atomic mass is 32.2. The van der Waals surface area contributed by atoms with E-state index in [1.165, 1.54) is 0 Å². The van der Waals surface area contributed by atoms with Gasteiger partial charge in [0.05, 0.1) is 13.2 Å². The summed E-state index contributed by atoms with van der Waals surface area (Å²) in [4.78, 5) is 12.6. The van der Waals surface area contributed by atoms with Crippen LogP contribution in [0.15, 0.2) is 54.6 Å². The van der Waals surface area contributed by atoms with Gasteiger partial charge in [0.1, 0.15) is 29.5 Å². The summed E-state index contributed by atoms with van der Waals surface area (Å²) in [5.41, 5.74) is 1.78. The minimum Gasteiger partial charge on any atom is -0.598 e. The van der Waals surface area contributed by atoms with Crippen LogP contribution in [0.5, 0.6) is 5.75 Å². The van der Waals surface area contributed by atoms with Gasteiger partial charge in [0.25, 0.3) is 0 Å². The van der Waals surface area contributed by atoms with Gasteiger partial charge in [0.2, 0.25) is 7.37 Å². The van der Waals surface area contributed by atoms with Crippen molar-refractivity contribution in [2.45, 2.75) is 64.1 Å². The van der Waals surface area contributed by atoms with Crippen molar-refractivity contribution in [1.29, 1.82) is 0 Å². The van der Waals surface area contributed by atoms with Gasteiger partial charge in [-0.05, 0) is 57.7 Å². The Kier molecular flexibility index (Phi) is 13.9. The molecule has 0 aromatic heterocycles. The van der Waals surface area contributed by atoms with E-state index < -0.39 is 35.2 Å². The van der Waals surface area contributed by atoms with Gasteiger partial charge in [-0.3, -0.25) is 9.36 Å². The highest BCUT2D eigenvalue weighted by molar-refractivity contribution is 7.91. The fraction of sp³-hybridized carbons (Fsp3) is 0.536. The number of rotatable bonds is 17. The first-order valence-corrected chi connectivity index (χ1v) is 15.9. The molecule has 8 nitrogen and oxygen atoms in total. The quantitative estimate of drug-likeness (QED) is 0.116. The van der Waals surface area contributed by atoms with E-state index in [4.69, 9.17) is 18.7 Å². The molecule has 38 heavy (non-hydrogen) atoms. The molecule has 0 aliphatic heterocycles. The summed E-state index contributed by atoms with van der Waals surface area (Å²) in [7, 11) is -1.78. The highest BCUT2D eigenvalue weighted by Crippen LogP contribution is 2.53. The number of methoxy groups -OCH3 is 1. The zero-order chi connectivity index (χ0) is 28.0. The molecule has 212 valence electrons. The van der Waals surface area contributed by atoms with E-state index in [0.29, 0.717) is 25.4 Å². The molecule has 2 rings (SSSR count). The van der Waals surface area contributed by atoms with E-state index in [1.54, 1.807) is 14.0 Å². The summed E-state index contributed by atoms with van der Waals surface area (Å²) in [5.74, 6) is -0.504. The predicted molar refractivity (Wildman–Crippen MR) is 152 cm³/mol. The summed E-state index contributed by atoms with van der Waals surface area (Å²) in [6.07, 6.45) is 0.807. The average molecular weight is 568 g/mol. The summed E-state index contributed by atoms with van der Waals surface area (Å²) in [5, 5.41) is 0. The van der Waals surface area contributed by atoms with E-state index in [-0.39, 0.29) is 32.2 Å². The number of hydrogen-bond acceptors (Lipinski definition) is 8. The molecular formula is C28H42NO7PS. The molecule has 0 fully saturated rings. The largest absolute Gasteiger partial charge is 0.598 e. The minimum absolute atomic E-state index is 0.0135. The van der Waals surface area contributed by atoms with Crippen molar-refractivity contribution in [1.82, 2.24) is 4.72 Å². The molecule has 0 aliphatic carbocycles. The maximum absolute atomic E-state index is 14.3.